The summed E-state index contributed by atoms with van der Waals surface area (Å²) >= 11 is 0. The molecule has 0 radical (unpaired) electrons. The van der Waals surface area contributed by atoms with Gasteiger partial charge in [0.2, 0.25) is 5.95 Å². The molecule has 0 fully saturated rings. The maximum Gasteiger partial charge on any atom is 0.225 e. The van der Waals surface area contributed by atoms with Crippen LogP contribution in [0.15, 0.2) is 24.0 Å². The van der Waals surface area contributed by atoms with Gasteiger partial charge in [0.25, 0.3) is 0 Å². The van der Waals surface area contributed by atoms with Crippen LogP contribution in [-0.2, 0) is 11.3 Å². The third-order valence-electron chi connectivity index (χ3n) is 2.79. The summed E-state index contributed by atoms with van der Waals surface area (Å²) in [5.74, 6) is 0.718. The van der Waals surface area contributed by atoms with E-state index in [-0.39, 0.29) is 6.61 Å². The van der Waals surface area contributed by atoms with Crippen molar-refractivity contribution in [2.24, 2.45) is 0 Å². The average molecular weight is 235 g/mol. The van der Waals surface area contributed by atoms with E-state index in [0.29, 0.717) is 6.61 Å². The molecule has 0 saturated heterocycles. The first-order valence-corrected chi connectivity index (χ1v) is 5.67. The van der Waals surface area contributed by atoms with E-state index in [1.165, 1.54) is 5.57 Å². The van der Waals surface area contributed by atoms with Crippen molar-refractivity contribution in [2.45, 2.75) is 13.0 Å². The summed E-state index contributed by atoms with van der Waals surface area (Å²) in [6.07, 6.45) is 6.47. The molecule has 0 atom stereocenters. The number of rotatable bonds is 4. The molecular formula is C12H17N3O2. The Morgan fingerprint density at radius 3 is 2.71 bits per heavy atom. The molecular weight excluding hydrogens is 218 g/mol. The van der Waals surface area contributed by atoms with Crippen LogP contribution in [0.3, 0.4) is 0 Å². The summed E-state index contributed by atoms with van der Waals surface area (Å²) in [5.41, 5.74) is 2.07. The Morgan fingerprint density at radius 1 is 1.41 bits per heavy atom. The molecule has 0 aromatic carbocycles. The van der Waals surface area contributed by atoms with E-state index >= 15 is 0 Å². The van der Waals surface area contributed by atoms with Gasteiger partial charge in [0.15, 0.2) is 0 Å². The summed E-state index contributed by atoms with van der Waals surface area (Å²) < 4.78 is 5.11. The Hall–Kier alpha value is -1.46. The van der Waals surface area contributed by atoms with E-state index in [2.05, 4.69) is 20.9 Å². The minimum absolute atomic E-state index is 0.0157. The highest BCUT2D eigenvalue weighted by Gasteiger charge is 2.13. The van der Waals surface area contributed by atoms with Gasteiger partial charge in [0.1, 0.15) is 0 Å². The highest BCUT2D eigenvalue weighted by Crippen LogP contribution is 2.15. The first kappa shape index (κ1) is 12.0. The highest BCUT2D eigenvalue weighted by molar-refractivity contribution is 5.34. The smallest absolute Gasteiger partial charge is 0.225 e. The number of ether oxygens (including phenoxy) is 1. The summed E-state index contributed by atoms with van der Waals surface area (Å²) in [7, 11) is 1.71. The molecule has 0 spiro atoms. The number of hydrogen-bond acceptors (Lipinski definition) is 5. The Balaban J connectivity index is 2.00. The summed E-state index contributed by atoms with van der Waals surface area (Å²) in [4.78, 5) is 10.6. The summed E-state index contributed by atoms with van der Waals surface area (Å²) in [5, 5.41) is 8.92. The summed E-state index contributed by atoms with van der Waals surface area (Å²) in [6, 6.07) is 0. The fourth-order valence-electron chi connectivity index (χ4n) is 1.80. The molecule has 0 aliphatic carbocycles. The molecule has 92 valence electrons. The maximum absolute atomic E-state index is 8.92. The van der Waals surface area contributed by atoms with Crippen molar-refractivity contribution in [3.8, 4) is 0 Å². The number of aliphatic hydroxyl groups is 1. The Morgan fingerprint density at radius 2 is 2.18 bits per heavy atom. The molecule has 5 heteroatoms. The molecule has 2 rings (SSSR count). The highest BCUT2D eigenvalue weighted by atomic mass is 16.5. The molecule has 17 heavy (non-hydrogen) atoms. The van der Waals surface area contributed by atoms with E-state index in [1.807, 2.05) is 0 Å². The van der Waals surface area contributed by atoms with Gasteiger partial charge in [-0.05, 0) is 12.0 Å². The van der Waals surface area contributed by atoms with Gasteiger partial charge in [-0.2, -0.15) is 0 Å². The normalized spacial score (nSPS) is 15.9. The van der Waals surface area contributed by atoms with Crippen molar-refractivity contribution < 1.29 is 9.84 Å². The van der Waals surface area contributed by atoms with Crippen LogP contribution in [0.5, 0.6) is 0 Å². The van der Waals surface area contributed by atoms with Crippen LogP contribution >= 0.6 is 0 Å². The fourth-order valence-corrected chi connectivity index (χ4v) is 1.80. The van der Waals surface area contributed by atoms with E-state index in [4.69, 9.17) is 9.84 Å². The van der Waals surface area contributed by atoms with E-state index < -0.39 is 0 Å². The summed E-state index contributed by atoms with van der Waals surface area (Å²) in [6.45, 7) is 2.42. The third-order valence-corrected chi connectivity index (χ3v) is 2.79. The van der Waals surface area contributed by atoms with Gasteiger partial charge < -0.3 is 14.7 Å². The van der Waals surface area contributed by atoms with Crippen LogP contribution in [0.1, 0.15) is 12.0 Å². The molecule has 1 aliphatic heterocycles. The predicted octanol–water partition coefficient (Wildman–Crippen LogP) is 0.752. The van der Waals surface area contributed by atoms with Crippen LogP contribution < -0.4 is 4.90 Å². The molecule has 5 nitrogen and oxygen atoms in total. The first-order valence-electron chi connectivity index (χ1n) is 5.67. The Kier molecular flexibility index (Phi) is 4.06. The average Bonchev–Trinajstić information content (AvgIpc) is 2.40. The molecule has 0 unspecified atom stereocenters. The lowest BCUT2D eigenvalue weighted by Crippen LogP contribution is -2.30. The second kappa shape index (κ2) is 5.75. The zero-order chi connectivity index (χ0) is 12.1. The first-order chi connectivity index (χ1) is 8.33. The van der Waals surface area contributed by atoms with Gasteiger partial charge in [0.05, 0.1) is 13.2 Å². The van der Waals surface area contributed by atoms with Gasteiger partial charge in [-0.1, -0.05) is 6.08 Å². The van der Waals surface area contributed by atoms with Gasteiger partial charge >= 0.3 is 0 Å². The van der Waals surface area contributed by atoms with Crippen molar-refractivity contribution in [3.05, 3.63) is 29.6 Å². The van der Waals surface area contributed by atoms with Crippen molar-refractivity contribution in [1.82, 2.24) is 9.97 Å². The van der Waals surface area contributed by atoms with E-state index in [9.17, 15) is 0 Å². The lowest BCUT2D eigenvalue weighted by atomic mass is 10.1. The quantitative estimate of drug-likeness (QED) is 0.780. The number of methoxy groups -OCH3 is 1. The molecule has 0 saturated carbocycles. The minimum atomic E-state index is -0.0157. The van der Waals surface area contributed by atoms with Crippen LogP contribution in [-0.4, -0.2) is 41.9 Å². The second-order valence-corrected chi connectivity index (χ2v) is 4.04. The Labute approximate surface area is 101 Å². The Bertz CT molecular complexity index is 389. The zero-order valence-corrected chi connectivity index (χ0v) is 9.96. The predicted molar refractivity (Wildman–Crippen MR) is 64.7 cm³/mol. The molecule has 0 bridgehead atoms. The second-order valence-electron chi connectivity index (χ2n) is 4.04. The maximum atomic E-state index is 8.92. The van der Waals surface area contributed by atoms with E-state index in [0.717, 1.165) is 31.0 Å². The van der Waals surface area contributed by atoms with Crippen molar-refractivity contribution >= 4 is 5.95 Å². The van der Waals surface area contributed by atoms with Gasteiger partial charge in [-0.15, -0.1) is 0 Å². The van der Waals surface area contributed by atoms with E-state index in [1.54, 1.807) is 19.5 Å². The van der Waals surface area contributed by atoms with Crippen LogP contribution in [0.2, 0.25) is 0 Å². The fraction of sp³-hybridized carbons (Fsp3) is 0.500. The van der Waals surface area contributed by atoms with Crippen LogP contribution in [0, 0.1) is 0 Å². The molecule has 2 heterocycles. The third kappa shape index (κ3) is 3.01. The SMILES string of the molecule is COCC1=CCN(c2ncc(CO)cn2)CC1. The standard InChI is InChI=1S/C12H17N3O2/c1-17-9-10-2-4-15(5-3-10)12-13-6-11(8-16)7-14-12/h2,6-7,16H,3-5,8-9H2,1H3. The van der Waals surface area contributed by atoms with Crippen molar-refractivity contribution in [1.29, 1.82) is 0 Å². The minimum Gasteiger partial charge on any atom is -0.392 e. The van der Waals surface area contributed by atoms with Crippen LogP contribution in [0.25, 0.3) is 0 Å². The van der Waals surface area contributed by atoms with Crippen LogP contribution in [0.4, 0.5) is 5.95 Å². The number of aliphatic hydroxyl groups excluding tert-OH is 1. The molecule has 1 aliphatic rings. The molecule has 1 aromatic rings. The van der Waals surface area contributed by atoms with Gasteiger partial charge in [-0.25, -0.2) is 9.97 Å². The number of anilines is 1. The van der Waals surface area contributed by atoms with Crippen molar-refractivity contribution in [3.63, 3.8) is 0 Å². The largest absolute Gasteiger partial charge is 0.392 e. The van der Waals surface area contributed by atoms with Gasteiger partial charge in [-0.3, -0.25) is 0 Å². The monoisotopic (exact) mass is 235 g/mol. The van der Waals surface area contributed by atoms with Crippen molar-refractivity contribution in [2.75, 3.05) is 31.7 Å². The topological polar surface area (TPSA) is 58.5 Å². The lowest BCUT2D eigenvalue weighted by molar-refractivity contribution is 0.222. The number of aromatic nitrogens is 2. The molecule has 0 amide bonds. The van der Waals surface area contributed by atoms with Gasteiger partial charge in [0, 0.05) is 38.2 Å². The lowest BCUT2D eigenvalue weighted by Gasteiger charge is -2.26. The molecule has 1 aromatic heterocycles. The molecule has 1 N–H and O–H groups in total. The number of hydrogen-bond donors (Lipinski definition) is 1. The zero-order valence-electron chi connectivity index (χ0n) is 9.96. The number of nitrogens with zero attached hydrogens (tertiary/aromatic N) is 3.